The average molecular weight is 313 g/mol. The molecule has 0 aromatic carbocycles. The lowest BCUT2D eigenvalue weighted by Crippen LogP contribution is -2.05. The highest BCUT2D eigenvalue weighted by Crippen LogP contribution is 2.24. The molecule has 0 radical (unpaired) electrons. The minimum atomic E-state index is -2.67. The summed E-state index contributed by atoms with van der Waals surface area (Å²) in [5.41, 5.74) is 0.00718. The van der Waals surface area contributed by atoms with Gasteiger partial charge in [-0.15, -0.1) is 0 Å². The molecule has 0 aliphatic carbocycles. The number of carbonyl (C=O) groups is 1. The van der Waals surface area contributed by atoms with E-state index in [0.717, 1.165) is 0 Å². The third-order valence-corrected chi connectivity index (χ3v) is 2.79. The number of carboxylic acid groups (broad SMARTS) is 1. The molecule has 0 fully saturated rings. The number of rotatable bonds is 3. The number of hydrogen-bond donors (Lipinski definition) is 1. The van der Waals surface area contributed by atoms with Gasteiger partial charge in [0.05, 0.1) is 6.42 Å². The number of pyridine rings is 1. The molecule has 1 N–H and O–H groups in total. The van der Waals surface area contributed by atoms with Crippen LogP contribution in [0.3, 0.4) is 0 Å². The van der Waals surface area contributed by atoms with Gasteiger partial charge in [-0.2, -0.15) is 0 Å². The fourth-order valence-corrected chi connectivity index (χ4v) is 1.70. The van der Waals surface area contributed by atoms with Crippen molar-refractivity contribution in [3.63, 3.8) is 0 Å². The molecule has 0 saturated carbocycles. The van der Waals surface area contributed by atoms with Crippen molar-refractivity contribution < 1.29 is 18.7 Å². The fraction of sp³-hybridized carbons (Fsp3) is 0.250. The summed E-state index contributed by atoms with van der Waals surface area (Å²) >= 11 is 1.68. The lowest BCUT2D eigenvalue weighted by molar-refractivity contribution is -0.136. The van der Waals surface area contributed by atoms with E-state index in [2.05, 4.69) is 4.98 Å². The first-order chi connectivity index (χ1) is 6.52. The monoisotopic (exact) mass is 313 g/mol. The van der Waals surface area contributed by atoms with E-state index >= 15 is 0 Å². The van der Waals surface area contributed by atoms with E-state index in [-0.39, 0.29) is 15.7 Å². The van der Waals surface area contributed by atoms with Gasteiger partial charge in [0.2, 0.25) is 0 Å². The van der Waals surface area contributed by atoms with Gasteiger partial charge >= 0.3 is 5.97 Å². The van der Waals surface area contributed by atoms with E-state index in [0.29, 0.717) is 5.56 Å². The third-order valence-electron chi connectivity index (χ3n) is 1.54. The normalized spacial score (nSPS) is 10.6. The molecule has 0 aliphatic rings. The van der Waals surface area contributed by atoms with Gasteiger partial charge in [0.25, 0.3) is 6.43 Å². The van der Waals surface area contributed by atoms with Crippen LogP contribution in [0.25, 0.3) is 0 Å². The van der Waals surface area contributed by atoms with Crippen LogP contribution in [0.5, 0.6) is 0 Å². The quantitative estimate of drug-likeness (QED) is 0.871. The molecule has 1 aromatic heterocycles. The maximum absolute atomic E-state index is 12.3. The van der Waals surface area contributed by atoms with Crippen LogP contribution in [0.1, 0.15) is 17.7 Å². The zero-order chi connectivity index (χ0) is 10.7. The van der Waals surface area contributed by atoms with Crippen LogP contribution in [0.4, 0.5) is 8.78 Å². The topological polar surface area (TPSA) is 50.2 Å². The maximum Gasteiger partial charge on any atom is 0.307 e. The molecule has 0 atom stereocenters. The van der Waals surface area contributed by atoms with Crippen LogP contribution in [0, 0.1) is 3.57 Å². The highest BCUT2D eigenvalue weighted by molar-refractivity contribution is 14.1. The van der Waals surface area contributed by atoms with Crippen molar-refractivity contribution in [3.05, 3.63) is 27.1 Å². The van der Waals surface area contributed by atoms with E-state index in [1.54, 1.807) is 22.6 Å². The van der Waals surface area contributed by atoms with Crippen LogP contribution in [-0.4, -0.2) is 16.1 Å². The number of aromatic nitrogens is 1. The van der Waals surface area contributed by atoms with Crippen molar-refractivity contribution in [2.75, 3.05) is 0 Å². The molecule has 0 unspecified atom stereocenters. The Kier molecular flexibility index (Phi) is 3.73. The van der Waals surface area contributed by atoms with E-state index in [9.17, 15) is 13.6 Å². The highest BCUT2D eigenvalue weighted by atomic mass is 127. The van der Waals surface area contributed by atoms with E-state index in [1.807, 2.05) is 0 Å². The molecule has 1 rings (SSSR count). The molecule has 14 heavy (non-hydrogen) atoms. The van der Waals surface area contributed by atoms with Crippen molar-refractivity contribution in [2.45, 2.75) is 12.8 Å². The molecule has 0 amide bonds. The Morgan fingerprint density at radius 1 is 1.64 bits per heavy atom. The summed E-state index contributed by atoms with van der Waals surface area (Å²) in [6.07, 6.45) is -1.74. The zero-order valence-electron chi connectivity index (χ0n) is 6.88. The van der Waals surface area contributed by atoms with Gasteiger partial charge in [-0.1, -0.05) is 0 Å². The lowest BCUT2D eigenvalue weighted by atomic mass is 10.2. The summed E-state index contributed by atoms with van der Waals surface area (Å²) in [6, 6.07) is 1.43. The number of hydrogen-bond acceptors (Lipinski definition) is 2. The minimum Gasteiger partial charge on any atom is -0.481 e. The Bertz CT molecular complexity index is 357. The fourth-order valence-electron chi connectivity index (χ4n) is 0.953. The number of carboxylic acids is 1. The van der Waals surface area contributed by atoms with Crippen LogP contribution in [0.2, 0.25) is 0 Å². The summed E-state index contributed by atoms with van der Waals surface area (Å²) in [5.74, 6) is -1.05. The lowest BCUT2D eigenvalue weighted by Gasteiger charge is -2.05. The van der Waals surface area contributed by atoms with Crippen LogP contribution >= 0.6 is 22.6 Å². The van der Waals surface area contributed by atoms with Crippen LogP contribution in [0.15, 0.2) is 12.3 Å². The maximum atomic E-state index is 12.3. The van der Waals surface area contributed by atoms with E-state index in [4.69, 9.17) is 5.11 Å². The van der Waals surface area contributed by atoms with Crippen molar-refractivity contribution in [3.8, 4) is 0 Å². The molecule has 0 saturated heterocycles. The van der Waals surface area contributed by atoms with Crippen molar-refractivity contribution in [1.29, 1.82) is 0 Å². The summed E-state index contributed by atoms with van der Waals surface area (Å²) in [7, 11) is 0. The van der Waals surface area contributed by atoms with Gasteiger partial charge in [0.15, 0.2) is 0 Å². The second-order valence-corrected chi connectivity index (χ2v) is 3.62. The highest BCUT2D eigenvalue weighted by Gasteiger charge is 2.16. The van der Waals surface area contributed by atoms with Crippen LogP contribution in [-0.2, 0) is 11.2 Å². The largest absolute Gasteiger partial charge is 0.481 e. The van der Waals surface area contributed by atoms with E-state index in [1.165, 1.54) is 12.3 Å². The summed E-state index contributed by atoms with van der Waals surface area (Å²) in [5, 5.41) is 8.51. The Labute approximate surface area is 92.3 Å². The van der Waals surface area contributed by atoms with Crippen LogP contribution < -0.4 is 0 Å². The molecule has 76 valence electrons. The molecular weight excluding hydrogens is 307 g/mol. The van der Waals surface area contributed by atoms with Crippen molar-refractivity contribution in [1.82, 2.24) is 4.98 Å². The number of nitrogens with zero attached hydrogens (tertiary/aromatic N) is 1. The molecule has 6 heteroatoms. The van der Waals surface area contributed by atoms with Gasteiger partial charge in [-0.3, -0.25) is 9.78 Å². The second-order valence-electron chi connectivity index (χ2n) is 2.54. The summed E-state index contributed by atoms with van der Waals surface area (Å²) in [4.78, 5) is 13.9. The number of alkyl halides is 2. The Morgan fingerprint density at radius 2 is 2.29 bits per heavy atom. The van der Waals surface area contributed by atoms with Gasteiger partial charge in [0, 0.05) is 9.77 Å². The molecule has 3 nitrogen and oxygen atoms in total. The second kappa shape index (κ2) is 4.63. The van der Waals surface area contributed by atoms with Gasteiger partial charge in [0.1, 0.15) is 5.69 Å². The first-order valence-electron chi connectivity index (χ1n) is 3.65. The van der Waals surface area contributed by atoms with E-state index < -0.39 is 12.4 Å². The smallest absolute Gasteiger partial charge is 0.307 e. The van der Waals surface area contributed by atoms with Gasteiger partial charge < -0.3 is 5.11 Å². The molecule has 1 aromatic rings. The summed E-state index contributed by atoms with van der Waals surface area (Å²) < 4.78 is 24.9. The SMILES string of the molecule is O=C(O)Cc1ccnc(C(F)F)c1I. The zero-order valence-corrected chi connectivity index (χ0v) is 9.03. The molecule has 0 spiro atoms. The average Bonchev–Trinajstić information content (AvgIpc) is 2.07. The number of aliphatic carboxylic acids is 1. The molecule has 1 heterocycles. The number of halogens is 3. The minimum absolute atomic E-state index is 0.225. The standard InChI is InChI=1S/C8H6F2INO2/c9-8(10)7-6(11)4(1-2-12-7)3-5(13)14/h1-2,8H,3H2,(H,13,14). The predicted octanol–water partition coefficient (Wildman–Crippen LogP) is 2.25. The Balaban J connectivity index is 3.07. The first-order valence-corrected chi connectivity index (χ1v) is 4.73. The molecule has 0 aliphatic heterocycles. The van der Waals surface area contributed by atoms with Gasteiger partial charge in [-0.05, 0) is 34.2 Å². The Morgan fingerprint density at radius 3 is 2.79 bits per heavy atom. The summed E-state index contributed by atoms with van der Waals surface area (Å²) in [6.45, 7) is 0. The predicted molar refractivity (Wildman–Crippen MR) is 53.3 cm³/mol. The Hall–Kier alpha value is -0.790. The molecular formula is C8H6F2INO2. The van der Waals surface area contributed by atoms with Crippen molar-refractivity contribution >= 4 is 28.6 Å². The third kappa shape index (κ3) is 2.60. The first kappa shape index (κ1) is 11.3. The molecule has 0 bridgehead atoms. The van der Waals surface area contributed by atoms with Crippen molar-refractivity contribution in [2.24, 2.45) is 0 Å². The van der Waals surface area contributed by atoms with Gasteiger partial charge in [-0.25, -0.2) is 8.78 Å².